The van der Waals surface area contributed by atoms with Gasteiger partial charge in [0, 0.05) is 31.7 Å². The standard InChI is InChI=1S/C8H15ClN4/c1-7(9)4-12(2)5-8-6-13(3)11-10-8/h6-7H,4-5H2,1-3H3. The fourth-order valence-electron chi connectivity index (χ4n) is 1.24. The lowest BCUT2D eigenvalue weighted by Gasteiger charge is -2.15. The van der Waals surface area contributed by atoms with Crippen LogP contribution < -0.4 is 0 Å². The predicted octanol–water partition coefficient (Wildman–Crippen LogP) is 0.874. The van der Waals surface area contributed by atoms with Gasteiger partial charge in [0.05, 0.1) is 5.69 Å². The Bertz CT molecular complexity index is 258. The van der Waals surface area contributed by atoms with Crippen molar-refractivity contribution in [1.82, 2.24) is 19.9 Å². The van der Waals surface area contributed by atoms with E-state index < -0.39 is 0 Å². The van der Waals surface area contributed by atoms with E-state index in [1.54, 1.807) is 4.68 Å². The number of aromatic nitrogens is 3. The van der Waals surface area contributed by atoms with Crippen molar-refractivity contribution in [2.45, 2.75) is 18.8 Å². The van der Waals surface area contributed by atoms with Crippen LogP contribution in [0.5, 0.6) is 0 Å². The van der Waals surface area contributed by atoms with Gasteiger partial charge < -0.3 is 0 Å². The molecule has 0 aliphatic rings. The van der Waals surface area contributed by atoms with Gasteiger partial charge in [0.25, 0.3) is 0 Å². The molecule has 0 spiro atoms. The first-order chi connectivity index (χ1) is 6.08. The third-order valence-electron chi connectivity index (χ3n) is 1.65. The number of nitrogens with zero attached hydrogens (tertiary/aromatic N) is 4. The molecule has 0 saturated heterocycles. The summed E-state index contributed by atoms with van der Waals surface area (Å²) in [6.07, 6.45) is 1.91. The van der Waals surface area contributed by atoms with E-state index in [0.29, 0.717) is 0 Å². The Labute approximate surface area is 83.5 Å². The van der Waals surface area contributed by atoms with Gasteiger partial charge in [0.2, 0.25) is 0 Å². The van der Waals surface area contributed by atoms with E-state index in [1.807, 2.05) is 27.2 Å². The molecule has 0 saturated carbocycles. The van der Waals surface area contributed by atoms with Crippen LogP contribution >= 0.6 is 11.6 Å². The molecule has 1 unspecified atom stereocenters. The molecule has 1 aromatic rings. The molecule has 0 N–H and O–H groups in total. The van der Waals surface area contributed by atoms with Crippen molar-refractivity contribution < 1.29 is 0 Å². The van der Waals surface area contributed by atoms with E-state index in [4.69, 9.17) is 11.6 Å². The SMILES string of the molecule is CC(Cl)CN(C)Cc1cn(C)nn1. The maximum atomic E-state index is 5.86. The molecule has 1 aromatic heterocycles. The lowest BCUT2D eigenvalue weighted by atomic mass is 10.4. The van der Waals surface area contributed by atoms with Crippen LogP contribution in [0.3, 0.4) is 0 Å². The highest BCUT2D eigenvalue weighted by molar-refractivity contribution is 6.20. The average molecular weight is 203 g/mol. The maximum absolute atomic E-state index is 5.86. The topological polar surface area (TPSA) is 34.0 Å². The van der Waals surface area contributed by atoms with E-state index in [-0.39, 0.29) is 5.38 Å². The molecule has 0 aliphatic heterocycles. The number of alkyl halides is 1. The lowest BCUT2D eigenvalue weighted by Crippen LogP contribution is -2.24. The van der Waals surface area contributed by atoms with Crippen molar-refractivity contribution in [3.8, 4) is 0 Å². The third-order valence-corrected chi connectivity index (χ3v) is 1.78. The highest BCUT2D eigenvalue weighted by Crippen LogP contribution is 2.01. The fraction of sp³-hybridized carbons (Fsp3) is 0.750. The number of halogens is 1. The third kappa shape index (κ3) is 3.74. The molecule has 0 radical (unpaired) electrons. The van der Waals surface area contributed by atoms with Crippen molar-refractivity contribution in [3.63, 3.8) is 0 Å². The molecule has 1 heterocycles. The van der Waals surface area contributed by atoms with Crippen LogP contribution in [0.1, 0.15) is 12.6 Å². The second-order valence-corrected chi connectivity index (χ2v) is 4.11. The molecule has 1 atom stereocenters. The zero-order valence-corrected chi connectivity index (χ0v) is 8.99. The molecular formula is C8H15ClN4. The summed E-state index contributed by atoms with van der Waals surface area (Å²) in [6, 6.07) is 0. The molecule has 0 amide bonds. The van der Waals surface area contributed by atoms with Gasteiger partial charge in [-0.25, -0.2) is 0 Å². The lowest BCUT2D eigenvalue weighted by molar-refractivity contribution is 0.325. The number of hydrogen-bond donors (Lipinski definition) is 0. The Morgan fingerprint density at radius 3 is 2.85 bits per heavy atom. The van der Waals surface area contributed by atoms with Gasteiger partial charge in [0.15, 0.2) is 0 Å². The van der Waals surface area contributed by atoms with E-state index in [1.165, 1.54) is 0 Å². The highest BCUT2D eigenvalue weighted by Gasteiger charge is 2.05. The molecule has 0 aromatic carbocycles. The fourth-order valence-corrected chi connectivity index (χ4v) is 1.47. The summed E-state index contributed by atoms with van der Waals surface area (Å²) >= 11 is 5.86. The molecule has 0 aliphatic carbocycles. The van der Waals surface area contributed by atoms with E-state index >= 15 is 0 Å². The molecule has 0 bridgehead atoms. The summed E-state index contributed by atoms with van der Waals surface area (Å²) < 4.78 is 1.70. The van der Waals surface area contributed by atoms with Crippen LogP contribution in [0.2, 0.25) is 0 Å². The van der Waals surface area contributed by atoms with E-state index in [2.05, 4.69) is 15.2 Å². The summed E-state index contributed by atoms with van der Waals surface area (Å²) in [5.41, 5.74) is 0.974. The van der Waals surface area contributed by atoms with Crippen molar-refractivity contribution in [1.29, 1.82) is 0 Å². The Hall–Kier alpha value is -0.610. The molecule has 0 fully saturated rings. The molecule has 5 heteroatoms. The summed E-state index contributed by atoms with van der Waals surface area (Å²) in [5.74, 6) is 0. The highest BCUT2D eigenvalue weighted by atomic mass is 35.5. The number of hydrogen-bond acceptors (Lipinski definition) is 3. The summed E-state index contributed by atoms with van der Waals surface area (Å²) in [5, 5.41) is 8.02. The van der Waals surface area contributed by atoms with Crippen LogP contribution in [-0.2, 0) is 13.6 Å². The van der Waals surface area contributed by atoms with Crippen LogP contribution in [0.4, 0.5) is 0 Å². The largest absolute Gasteiger partial charge is 0.299 e. The van der Waals surface area contributed by atoms with Gasteiger partial charge >= 0.3 is 0 Å². The summed E-state index contributed by atoms with van der Waals surface area (Å²) in [6.45, 7) is 3.64. The van der Waals surface area contributed by atoms with Crippen molar-refractivity contribution >= 4 is 11.6 Å². The van der Waals surface area contributed by atoms with Gasteiger partial charge in [0.1, 0.15) is 0 Å². The number of rotatable bonds is 4. The van der Waals surface area contributed by atoms with E-state index in [0.717, 1.165) is 18.8 Å². The van der Waals surface area contributed by atoms with Gasteiger partial charge in [-0.05, 0) is 14.0 Å². The molecule has 1 rings (SSSR count). The van der Waals surface area contributed by atoms with Crippen LogP contribution in [0.15, 0.2) is 6.20 Å². The van der Waals surface area contributed by atoms with Crippen LogP contribution in [0, 0.1) is 0 Å². The van der Waals surface area contributed by atoms with E-state index in [9.17, 15) is 0 Å². The zero-order chi connectivity index (χ0) is 9.84. The smallest absolute Gasteiger partial charge is 0.0966 e. The van der Waals surface area contributed by atoms with Crippen LogP contribution in [-0.4, -0.2) is 38.9 Å². The first kappa shape index (κ1) is 10.5. The first-order valence-electron chi connectivity index (χ1n) is 4.25. The zero-order valence-electron chi connectivity index (χ0n) is 8.24. The first-order valence-corrected chi connectivity index (χ1v) is 4.69. The second-order valence-electron chi connectivity index (χ2n) is 3.36. The normalized spacial score (nSPS) is 13.6. The Balaban J connectivity index is 2.40. The van der Waals surface area contributed by atoms with Gasteiger partial charge in [-0.1, -0.05) is 5.21 Å². The Morgan fingerprint density at radius 2 is 2.38 bits per heavy atom. The molecular weight excluding hydrogens is 188 g/mol. The monoisotopic (exact) mass is 202 g/mol. The predicted molar refractivity (Wildman–Crippen MR) is 52.7 cm³/mol. The Kier molecular flexibility index (Phi) is 3.69. The Morgan fingerprint density at radius 1 is 1.69 bits per heavy atom. The second kappa shape index (κ2) is 4.58. The molecule has 13 heavy (non-hydrogen) atoms. The minimum Gasteiger partial charge on any atom is -0.299 e. The van der Waals surface area contributed by atoms with Gasteiger partial charge in [-0.3, -0.25) is 9.58 Å². The number of aryl methyl sites for hydroxylation is 1. The summed E-state index contributed by atoms with van der Waals surface area (Å²) in [7, 11) is 3.88. The maximum Gasteiger partial charge on any atom is 0.0966 e. The summed E-state index contributed by atoms with van der Waals surface area (Å²) in [4.78, 5) is 2.13. The van der Waals surface area contributed by atoms with Gasteiger partial charge in [-0.15, -0.1) is 16.7 Å². The van der Waals surface area contributed by atoms with Gasteiger partial charge in [-0.2, -0.15) is 0 Å². The minimum absolute atomic E-state index is 0.168. The van der Waals surface area contributed by atoms with Crippen LogP contribution in [0.25, 0.3) is 0 Å². The average Bonchev–Trinajstić information content (AvgIpc) is 2.33. The molecule has 74 valence electrons. The van der Waals surface area contributed by atoms with Crippen molar-refractivity contribution in [2.24, 2.45) is 7.05 Å². The minimum atomic E-state index is 0.168. The quantitative estimate of drug-likeness (QED) is 0.680. The molecule has 4 nitrogen and oxygen atoms in total. The van der Waals surface area contributed by atoms with Crippen molar-refractivity contribution in [2.75, 3.05) is 13.6 Å². The van der Waals surface area contributed by atoms with Crippen molar-refractivity contribution in [3.05, 3.63) is 11.9 Å².